The highest BCUT2D eigenvalue weighted by molar-refractivity contribution is 5.67. The van der Waals surface area contributed by atoms with Gasteiger partial charge in [0.15, 0.2) is 11.3 Å². The van der Waals surface area contributed by atoms with E-state index in [1.54, 1.807) is 0 Å². The molecule has 0 radical (unpaired) electrons. The van der Waals surface area contributed by atoms with E-state index in [0.717, 1.165) is 30.5 Å². The van der Waals surface area contributed by atoms with Crippen molar-refractivity contribution in [1.82, 2.24) is 24.6 Å². The number of rotatable bonds is 1. The van der Waals surface area contributed by atoms with E-state index >= 15 is 0 Å². The molecule has 3 aromatic heterocycles. The van der Waals surface area contributed by atoms with Crippen molar-refractivity contribution >= 4 is 11.6 Å². The van der Waals surface area contributed by atoms with Crippen molar-refractivity contribution in [2.75, 3.05) is 5.73 Å². The van der Waals surface area contributed by atoms with Crippen LogP contribution >= 0.6 is 0 Å². The lowest BCUT2D eigenvalue weighted by molar-refractivity contribution is -0.142. The molecule has 0 atom stereocenters. The topological polar surface area (TPSA) is 82.0 Å². The quantitative estimate of drug-likeness (QED) is 0.349. The number of hydrogen-bond donors (Lipinski definition) is 1. The van der Waals surface area contributed by atoms with Crippen LogP contribution in [0.4, 0.5) is 32.3 Å². The van der Waals surface area contributed by atoms with Crippen molar-refractivity contribution in [2.45, 2.75) is 12.4 Å². The Morgan fingerprint density at radius 2 is 1.50 bits per heavy atom. The average molecular weight is 448 g/mol. The summed E-state index contributed by atoms with van der Waals surface area (Å²) in [6.45, 7) is 0. The van der Waals surface area contributed by atoms with Gasteiger partial charge in [-0.2, -0.15) is 31.4 Å². The van der Waals surface area contributed by atoms with Crippen molar-refractivity contribution in [2.24, 2.45) is 0 Å². The lowest BCUT2D eigenvalue weighted by Gasteiger charge is -2.12. The summed E-state index contributed by atoms with van der Waals surface area (Å²) in [5.41, 5.74) is 3.41. The number of nitrogens with two attached hydrogens (primary N) is 1. The largest absolute Gasteiger partial charge is 0.433 e. The van der Waals surface area contributed by atoms with Crippen LogP contribution in [0.3, 0.4) is 0 Å². The summed E-state index contributed by atoms with van der Waals surface area (Å²) in [7, 11) is 0. The Morgan fingerprint density at radius 1 is 0.844 bits per heavy atom. The van der Waals surface area contributed by atoms with Gasteiger partial charge in [-0.1, -0.05) is 24.0 Å². The van der Waals surface area contributed by atoms with Gasteiger partial charge in [0.05, 0.1) is 28.6 Å². The summed E-state index contributed by atoms with van der Waals surface area (Å²) in [5.74, 6) is 5.37. The molecule has 3 heterocycles. The van der Waals surface area contributed by atoms with Crippen molar-refractivity contribution in [3.05, 3.63) is 71.3 Å². The summed E-state index contributed by atoms with van der Waals surface area (Å²) < 4.78 is 79.9. The predicted octanol–water partition coefficient (Wildman–Crippen LogP) is 4.21. The monoisotopic (exact) mass is 448 g/mol. The van der Waals surface area contributed by atoms with Crippen LogP contribution in [0.15, 0.2) is 48.9 Å². The molecule has 6 nitrogen and oxygen atoms in total. The minimum absolute atomic E-state index is 0.0317. The fourth-order valence-corrected chi connectivity index (χ4v) is 2.77. The average Bonchev–Trinajstić information content (AvgIpc) is 3.14. The zero-order chi connectivity index (χ0) is 23.1. The van der Waals surface area contributed by atoms with Gasteiger partial charge in [0.1, 0.15) is 0 Å². The smallest absolute Gasteiger partial charge is 0.368 e. The van der Waals surface area contributed by atoms with Gasteiger partial charge in [0.25, 0.3) is 0 Å². The highest BCUT2D eigenvalue weighted by Gasteiger charge is 2.36. The maximum Gasteiger partial charge on any atom is 0.433 e. The zero-order valence-electron chi connectivity index (χ0n) is 15.7. The third-order valence-corrected chi connectivity index (χ3v) is 4.28. The lowest BCUT2D eigenvalue weighted by atomic mass is 10.1. The van der Waals surface area contributed by atoms with Crippen LogP contribution in [0.2, 0.25) is 0 Å². The second kappa shape index (κ2) is 7.52. The van der Waals surface area contributed by atoms with Gasteiger partial charge >= 0.3 is 12.4 Å². The van der Waals surface area contributed by atoms with Crippen LogP contribution in [-0.2, 0) is 12.4 Å². The molecule has 4 rings (SSSR count). The van der Waals surface area contributed by atoms with Gasteiger partial charge in [-0.25, -0.2) is 19.5 Å². The molecule has 2 N–H and O–H groups in total. The zero-order valence-corrected chi connectivity index (χ0v) is 15.7. The number of halogens is 6. The Kier molecular flexibility index (Phi) is 4.96. The molecule has 0 saturated carbocycles. The highest BCUT2D eigenvalue weighted by Crippen LogP contribution is 2.34. The van der Waals surface area contributed by atoms with Crippen molar-refractivity contribution < 1.29 is 26.3 Å². The Hall–Kier alpha value is -4.14. The summed E-state index contributed by atoms with van der Waals surface area (Å²) in [6, 6.07) is 4.36. The molecule has 0 spiro atoms. The van der Waals surface area contributed by atoms with E-state index in [1.165, 1.54) is 12.4 Å². The van der Waals surface area contributed by atoms with E-state index < -0.39 is 23.6 Å². The standard InChI is InChI=1S/C20H10F6N6/c21-19(22,23)14-5-3-12(4-6-14)15-7-16(20(24,25)26)32-17(31-15)13(10-30-32)2-1-11-8-28-18(27)29-9-11/h3-10H,(H2,27,28,29). The molecule has 0 aliphatic carbocycles. The van der Waals surface area contributed by atoms with Gasteiger partial charge in [0.2, 0.25) is 5.95 Å². The minimum Gasteiger partial charge on any atom is -0.368 e. The van der Waals surface area contributed by atoms with E-state index in [0.29, 0.717) is 16.1 Å². The highest BCUT2D eigenvalue weighted by atomic mass is 19.4. The molecule has 0 amide bonds. The molecular weight excluding hydrogens is 438 g/mol. The summed E-state index contributed by atoms with van der Waals surface area (Å²) >= 11 is 0. The van der Waals surface area contributed by atoms with Gasteiger partial charge in [-0.05, 0) is 18.2 Å². The van der Waals surface area contributed by atoms with Gasteiger partial charge < -0.3 is 5.73 Å². The first-order valence-corrected chi connectivity index (χ1v) is 8.75. The minimum atomic E-state index is -4.80. The van der Waals surface area contributed by atoms with E-state index in [-0.39, 0.29) is 28.4 Å². The Balaban J connectivity index is 1.85. The molecule has 162 valence electrons. The molecule has 0 unspecified atom stereocenters. The van der Waals surface area contributed by atoms with E-state index in [4.69, 9.17) is 5.73 Å². The molecule has 1 aromatic carbocycles. The number of fused-ring (bicyclic) bond motifs is 1. The molecular formula is C20H10F6N6. The van der Waals surface area contributed by atoms with Gasteiger partial charge in [-0.15, -0.1) is 0 Å². The van der Waals surface area contributed by atoms with Crippen LogP contribution in [0.1, 0.15) is 22.4 Å². The van der Waals surface area contributed by atoms with E-state index in [9.17, 15) is 26.3 Å². The van der Waals surface area contributed by atoms with Crippen LogP contribution in [0.25, 0.3) is 16.9 Å². The van der Waals surface area contributed by atoms with Crippen LogP contribution in [0.5, 0.6) is 0 Å². The van der Waals surface area contributed by atoms with E-state index in [2.05, 4.69) is 31.9 Å². The second-order valence-electron chi connectivity index (χ2n) is 6.47. The molecule has 0 aliphatic rings. The summed E-state index contributed by atoms with van der Waals surface area (Å²) in [4.78, 5) is 11.7. The number of aromatic nitrogens is 5. The third kappa shape index (κ3) is 4.18. The summed E-state index contributed by atoms with van der Waals surface area (Å²) in [5, 5.41) is 3.72. The SMILES string of the molecule is Nc1ncc(C#Cc2cnn3c(C(F)(F)F)cc(-c4ccc(C(F)(F)F)cc4)nc23)cn1. The maximum atomic E-state index is 13.6. The Labute approximate surface area is 175 Å². The van der Waals surface area contributed by atoms with Gasteiger partial charge in [-0.3, -0.25) is 0 Å². The van der Waals surface area contributed by atoms with Crippen molar-refractivity contribution in [1.29, 1.82) is 0 Å². The molecule has 0 fully saturated rings. The summed E-state index contributed by atoms with van der Waals surface area (Å²) in [6.07, 6.45) is -5.60. The van der Waals surface area contributed by atoms with Crippen LogP contribution in [0, 0.1) is 11.8 Å². The number of benzene rings is 1. The maximum absolute atomic E-state index is 13.6. The molecule has 32 heavy (non-hydrogen) atoms. The van der Waals surface area contributed by atoms with Crippen LogP contribution < -0.4 is 5.73 Å². The molecule has 4 aromatic rings. The van der Waals surface area contributed by atoms with Gasteiger partial charge in [0, 0.05) is 18.0 Å². The second-order valence-corrected chi connectivity index (χ2v) is 6.47. The molecule has 0 aliphatic heterocycles. The fourth-order valence-electron chi connectivity index (χ4n) is 2.77. The Morgan fingerprint density at radius 3 is 2.09 bits per heavy atom. The van der Waals surface area contributed by atoms with Crippen LogP contribution in [-0.4, -0.2) is 24.6 Å². The molecule has 12 heteroatoms. The first-order chi connectivity index (χ1) is 15.0. The molecule has 0 saturated heterocycles. The normalized spacial score (nSPS) is 11.9. The number of hydrogen-bond acceptors (Lipinski definition) is 5. The lowest BCUT2D eigenvalue weighted by Crippen LogP contribution is -2.13. The van der Waals surface area contributed by atoms with Crippen molar-refractivity contribution in [3.8, 4) is 23.1 Å². The number of nitrogens with zero attached hydrogens (tertiary/aromatic N) is 5. The van der Waals surface area contributed by atoms with Crippen molar-refractivity contribution in [3.63, 3.8) is 0 Å². The predicted molar refractivity (Wildman–Crippen MR) is 101 cm³/mol. The fraction of sp³-hybridized carbons (Fsp3) is 0.100. The number of nitrogen functional groups attached to an aromatic ring is 1. The first kappa shape index (κ1) is 21.1. The number of anilines is 1. The Bertz CT molecular complexity index is 1340. The number of alkyl halides is 6. The van der Waals surface area contributed by atoms with E-state index in [1.807, 2.05) is 0 Å². The molecule has 0 bridgehead atoms. The third-order valence-electron chi connectivity index (χ3n) is 4.28. The first-order valence-electron chi connectivity index (χ1n) is 8.75.